The topological polar surface area (TPSA) is 91.8 Å². The molecule has 0 aliphatic carbocycles. The molecular weight excluding hydrogens is 396 g/mol. The van der Waals surface area contributed by atoms with Crippen molar-refractivity contribution in [3.63, 3.8) is 0 Å². The number of nitrogens with zero attached hydrogens (tertiary/aromatic N) is 1. The average molecular weight is 415 g/mol. The Balaban J connectivity index is 1.90. The Morgan fingerprint density at radius 3 is 2.64 bits per heavy atom. The number of fused-ring (bicyclic) bond motifs is 3. The van der Waals surface area contributed by atoms with E-state index in [0.29, 0.717) is 15.8 Å². The Labute approximate surface area is 166 Å². The van der Waals surface area contributed by atoms with Crippen LogP contribution in [0.1, 0.15) is 18.5 Å². The fourth-order valence-corrected chi connectivity index (χ4v) is 4.62. The minimum absolute atomic E-state index is 0.132. The molecule has 0 amide bonds. The molecule has 0 bridgehead atoms. The fraction of sp³-hybridized carbons (Fsp3) is 0.150. The third-order valence-corrected chi connectivity index (χ3v) is 6.44. The van der Waals surface area contributed by atoms with Gasteiger partial charge in [0.05, 0.1) is 13.2 Å². The fourth-order valence-electron chi connectivity index (χ4n) is 3.31. The molecule has 8 heteroatoms. The van der Waals surface area contributed by atoms with Crippen LogP contribution in [0.3, 0.4) is 0 Å². The summed E-state index contributed by atoms with van der Waals surface area (Å²) in [6, 6.07) is 12.5. The predicted molar refractivity (Wildman–Crippen MR) is 114 cm³/mol. The van der Waals surface area contributed by atoms with Gasteiger partial charge in [-0.05, 0) is 41.6 Å². The number of H-pyrrole nitrogens is 1. The van der Waals surface area contributed by atoms with E-state index in [2.05, 4.69) is 9.35 Å². The third kappa shape index (κ3) is 3.19. The van der Waals surface area contributed by atoms with Crippen LogP contribution in [0.4, 0.5) is 0 Å². The summed E-state index contributed by atoms with van der Waals surface area (Å²) in [7, 11) is -0.679. The van der Waals surface area contributed by atoms with E-state index in [1.807, 2.05) is 42.6 Å². The third-order valence-electron chi connectivity index (χ3n) is 4.68. The number of pyridine rings is 1. The van der Waals surface area contributed by atoms with Gasteiger partial charge in [-0.3, -0.25) is 8.98 Å². The van der Waals surface area contributed by atoms with Crippen molar-refractivity contribution in [1.29, 1.82) is 0 Å². The summed E-state index contributed by atoms with van der Waals surface area (Å²) in [4.78, 5) is 15.2. The van der Waals surface area contributed by atoms with E-state index in [0.717, 1.165) is 21.9 Å². The maximum Gasteiger partial charge on any atom is 0.266 e. The van der Waals surface area contributed by atoms with Crippen molar-refractivity contribution in [2.75, 3.05) is 7.11 Å². The van der Waals surface area contributed by atoms with Crippen molar-refractivity contribution in [2.45, 2.75) is 13.0 Å². The maximum absolute atomic E-state index is 12.3. The van der Waals surface area contributed by atoms with Crippen LogP contribution in [0, 0.1) is 0 Å². The number of nitrogens with one attached hydrogen (secondary N) is 1. The van der Waals surface area contributed by atoms with Crippen LogP contribution in [-0.4, -0.2) is 21.4 Å². The minimum atomic E-state index is -2.04. The minimum Gasteiger partial charge on any atom is -0.507 e. The molecule has 0 radical (unpaired) electrons. The zero-order valence-electron chi connectivity index (χ0n) is 15.2. The number of thiol groups is 1. The van der Waals surface area contributed by atoms with Gasteiger partial charge in [-0.25, -0.2) is 8.57 Å². The molecule has 0 aliphatic heterocycles. The van der Waals surface area contributed by atoms with E-state index in [4.69, 9.17) is 4.18 Å². The number of aromatic nitrogens is 1. The van der Waals surface area contributed by atoms with E-state index >= 15 is 0 Å². The molecule has 2 aromatic heterocycles. The zero-order valence-corrected chi connectivity index (χ0v) is 16.9. The number of rotatable bonds is 4. The van der Waals surface area contributed by atoms with Gasteiger partial charge in [0.1, 0.15) is 10.4 Å². The highest BCUT2D eigenvalue weighted by atomic mass is 32.2. The average Bonchev–Trinajstić information content (AvgIpc) is 3.19. The zero-order chi connectivity index (χ0) is 19.8. The highest BCUT2D eigenvalue weighted by Gasteiger charge is 2.15. The molecule has 2 aromatic carbocycles. The Hall–Kier alpha value is -2.68. The number of benzene rings is 2. The number of thiophene rings is 1. The Morgan fingerprint density at radius 1 is 1.18 bits per heavy atom. The number of phenolic OH excluding ortho intramolecular Hbond substituents is 1. The van der Waals surface area contributed by atoms with Crippen molar-refractivity contribution >= 4 is 43.2 Å². The molecule has 4 rings (SSSR count). The van der Waals surface area contributed by atoms with E-state index in [1.54, 1.807) is 12.1 Å². The van der Waals surface area contributed by atoms with Gasteiger partial charge in [-0.1, -0.05) is 24.3 Å². The Morgan fingerprint density at radius 2 is 1.93 bits per heavy atom. The molecular formula is C20H18N2O4S2. The van der Waals surface area contributed by atoms with Gasteiger partial charge in [0.15, 0.2) is 10.9 Å². The molecule has 2 heterocycles. The lowest BCUT2D eigenvalue weighted by molar-refractivity contribution is 0.450. The molecule has 4 aromatic rings. The molecule has 6 nitrogen and oxygen atoms in total. The normalized spacial score (nSPS) is 13.9. The molecule has 0 spiro atoms. The molecule has 1 unspecified atom stereocenters. The maximum atomic E-state index is 12.3. The number of hydrogen-bond donors (Lipinski definition) is 3. The molecule has 0 saturated heterocycles. The smallest absolute Gasteiger partial charge is 0.266 e. The van der Waals surface area contributed by atoms with Gasteiger partial charge in [0, 0.05) is 21.9 Å². The van der Waals surface area contributed by atoms with Gasteiger partial charge in [-0.15, -0.1) is 11.3 Å². The lowest BCUT2D eigenvalue weighted by atomic mass is 9.96. The van der Waals surface area contributed by atoms with Crippen molar-refractivity contribution in [3.8, 4) is 16.9 Å². The molecule has 0 saturated carbocycles. The van der Waals surface area contributed by atoms with Crippen LogP contribution >= 0.6 is 11.3 Å². The first-order valence-electron chi connectivity index (χ1n) is 8.57. The number of phenols is 1. The molecule has 2 N–H and O–H groups in total. The summed E-state index contributed by atoms with van der Waals surface area (Å²) in [6.07, 6.45) is 0. The summed E-state index contributed by atoms with van der Waals surface area (Å²) >= 11 is 1.38. The van der Waals surface area contributed by atoms with Crippen LogP contribution < -0.4 is 5.56 Å². The number of aromatic amines is 1. The van der Waals surface area contributed by atoms with E-state index in [9.17, 15) is 14.1 Å². The predicted octanol–water partition coefficient (Wildman–Crippen LogP) is 4.40. The van der Waals surface area contributed by atoms with Crippen LogP contribution in [0.2, 0.25) is 0 Å². The summed E-state index contributed by atoms with van der Waals surface area (Å²) in [5, 5.41) is 14.1. The lowest BCUT2D eigenvalue weighted by Crippen LogP contribution is -2.04. The van der Waals surface area contributed by atoms with Crippen molar-refractivity contribution in [1.82, 2.24) is 4.98 Å². The van der Waals surface area contributed by atoms with Crippen LogP contribution in [0.25, 0.3) is 32.1 Å². The Kier molecular flexibility index (Phi) is 4.92. The van der Waals surface area contributed by atoms with Gasteiger partial charge in [0.2, 0.25) is 0 Å². The second-order valence-electron chi connectivity index (χ2n) is 6.33. The SMILES string of the molecule is CO[SH](=O)=N[C@@H](C)c1ccc(-c2c(O)ccc3[nH]c(=O)c4sccc4c23)cc1. The van der Waals surface area contributed by atoms with E-state index in [1.165, 1.54) is 18.4 Å². The first kappa shape index (κ1) is 18.7. The van der Waals surface area contributed by atoms with Crippen molar-refractivity contribution < 1.29 is 13.5 Å². The second kappa shape index (κ2) is 7.38. The van der Waals surface area contributed by atoms with Crippen molar-refractivity contribution in [3.05, 3.63) is 63.8 Å². The summed E-state index contributed by atoms with van der Waals surface area (Å²) < 4.78 is 20.9. The largest absolute Gasteiger partial charge is 0.507 e. The number of hydrogen-bond acceptors (Lipinski definition) is 6. The van der Waals surface area contributed by atoms with Crippen molar-refractivity contribution in [2.24, 2.45) is 4.36 Å². The molecule has 2 atom stereocenters. The standard InChI is InChI=1S/C20H18N2O4S2/c1-11(22-28(25)26-2)12-3-5-13(6-4-12)17-16(23)8-7-15-18(17)14-9-10-27-19(14)20(24)21-15/h3-11,23,28H,1-2H3,(H,21,24)/t11-/m0/s1. The summed E-state index contributed by atoms with van der Waals surface area (Å²) in [5.41, 5.74) is 2.91. The van der Waals surface area contributed by atoms with E-state index in [-0.39, 0.29) is 17.4 Å². The molecule has 28 heavy (non-hydrogen) atoms. The van der Waals surface area contributed by atoms with Crippen LogP contribution in [0.5, 0.6) is 5.75 Å². The van der Waals surface area contributed by atoms with E-state index < -0.39 is 10.9 Å². The number of aromatic hydroxyl groups is 1. The second-order valence-corrected chi connectivity index (χ2v) is 8.32. The van der Waals surface area contributed by atoms with Gasteiger partial charge >= 0.3 is 0 Å². The van der Waals surface area contributed by atoms with Crippen LogP contribution in [-0.2, 0) is 15.1 Å². The first-order valence-corrected chi connectivity index (χ1v) is 10.6. The molecule has 144 valence electrons. The lowest BCUT2D eigenvalue weighted by Gasteiger charge is -2.12. The van der Waals surface area contributed by atoms with Gasteiger partial charge in [-0.2, -0.15) is 0 Å². The Bertz CT molecular complexity index is 1320. The molecule has 0 fully saturated rings. The first-order chi connectivity index (χ1) is 13.5. The molecule has 0 aliphatic rings. The quantitative estimate of drug-likeness (QED) is 0.432. The highest BCUT2D eigenvalue weighted by molar-refractivity contribution is 7.69. The van der Waals surface area contributed by atoms with Gasteiger partial charge in [0.25, 0.3) is 5.56 Å². The monoisotopic (exact) mass is 414 g/mol. The summed E-state index contributed by atoms with van der Waals surface area (Å²) in [5.74, 6) is 0.139. The summed E-state index contributed by atoms with van der Waals surface area (Å²) in [6.45, 7) is 1.84. The van der Waals surface area contributed by atoms with Crippen LogP contribution in [0.15, 0.2) is 57.0 Å². The highest BCUT2D eigenvalue weighted by Crippen LogP contribution is 2.39. The van der Waals surface area contributed by atoms with Gasteiger partial charge < -0.3 is 10.1 Å².